The highest BCUT2D eigenvalue weighted by Crippen LogP contribution is 2.10. The molecule has 1 aromatic heterocycles. The summed E-state index contributed by atoms with van der Waals surface area (Å²) in [6, 6.07) is 11.8. The van der Waals surface area contributed by atoms with Gasteiger partial charge in [-0.05, 0) is 36.0 Å². The van der Waals surface area contributed by atoms with E-state index in [1.54, 1.807) is 18.4 Å². The first-order chi connectivity index (χ1) is 12.4. The first kappa shape index (κ1) is 23.9. The standard InChI is InChI=1S/C18H26N4O2S2.HI/c1-19-18(22(3)11-10-17-5-4-12-25-17)21-13-15-6-8-16(9-7-15)14-26(23,24)20-2;/h4-9,12,20H,10-11,13-14H2,1-3H3,(H,19,21);1H. The smallest absolute Gasteiger partial charge is 0.215 e. The Labute approximate surface area is 183 Å². The van der Waals surface area contributed by atoms with Crippen LogP contribution >= 0.6 is 35.3 Å². The molecule has 1 heterocycles. The number of nitrogens with zero attached hydrogens (tertiary/aromatic N) is 2. The molecule has 0 aliphatic heterocycles. The molecule has 1 aromatic carbocycles. The summed E-state index contributed by atoms with van der Waals surface area (Å²) in [5.41, 5.74) is 1.84. The molecule has 0 aliphatic rings. The molecular weight excluding hydrogens is 495 g/mol. The molecule has 0 spiro atoms. The average molecular weight is 522 g/mol. The molecule has 2 rings (SSSR count). The van der Waals surface area contributed by atoms with Crippen LogP contribution in [0.15, 0.2) is 46.8 Å². The third-order valence-electron chi connectivity index (χ3n) is 3.99. The molecule has 0 unspecified atom stereocenters. The van der Waals surface area contributed by atoms with Crippen molar-refractivity contribution < 1.29 is 8.42 Å². The van der Waals surface area contributed by atoms with Gasteiger partial charge in [-0.2, -0.15) is 0 Å². The van der Waals surface area contributed by atoms with Gasteiger partial charge in [-0.1, -0.05) is 30.3 Å². The molecule has 0 amide bonds. The second-order valence-electron chi connectivity index (χ2n) is 5.93. The summed E-state index contributed by atoms with van der Waals surface area (Å²) < 4.78 is 25.5. The van der Waals surface area contributed by atoms with Gasteiger partial charge in [-0.3, -0.25) is 4.99 Å². The van der Waals surface area contributed by atoms with E-state index in [2.05, 4.69) is 37.4 Å². The Balaban J connectivity index is 0.00000364. The van der Waals surface area contributed by atoms with Crippen molar-refractivity contribution in [2.24, 2.45) is 4.99 Å². The van der Waals surface area contributed by atoms with Gasteiger partial charge in [0.25, 0.3) is 0 Å². The van der Waals surface area contributed by atoms with Crippen molar-refractivity contribution in [3.05, 3.63) is 57.8 Å². The Bertz CT molecular complexity index is 806. The van der Waals surface area contributed by atoms with E-state index in [1.807, 2.05) is 31.3 Å². The molecule has 0 bridgehead atoms. The Hall–Kier alpha value is -1.17. The van der Waals surface area contributed by atoms with Crippen molar-refractivity contribution in [2.45, 2.75) is 18.7 Å². The number of hydrogen-bond acceptors (Lipinski definition) is 4. The van der Waals surface area contributed by atoms with Crippen molar-refractivity contribution in [2.75, 3.05) is 27.7 Å². The molecule has 0 aliphatic carbocycles. The maximum atomic E-state index is 11.6. The molecule has 6 nitrogen and oxygen atoms in total. The molecule has 0 fully saturated rings. The van der Waals surface area contributed by atoms with E-state index in [1.165, 1.54) is 11.9 Å². The van der Waals surface area contributed by atoms with E-state index < -0.39 is 10.0 Å². The maximum absolute atomic E-state index is 11.6. The monoisotopic (exact) mass is 522 g/mol. The number of benzene rings is 1. The summed E-state index contributed by atoms with van der Waals surface area (Å²) in [4.78, 5) is 7.79. The number of sulfonamides is 1. The lowest BCUT2D eigenvalue weighted by atomic mass is 10.1. The highest BCUT2D eigenvalue weighted by molar-refractivity contribution is 14.0. The van der Waals surface area contributed by atoms with Crippen molar-refractivity contribution in [3.63, 3.8) is 0 Å². The van der Waals surface area contributed by atoms with Crippen LogP contribution in [-0.2, 0) is 28.7 Å². The van der Waals surface area contributed by atoms with Crippen molar-refractivity contribution in [1.29, 1.82) is 0 Å². The van der Waals surface area contributed by atoms with Gasteiger partial charge in [0.15, 0.2) is 5.96 Å². The van der Waals surface area contributed by atoms with Gasteiger partial charge >= 0.3 is 0 Å². The zero-order valence-electron chi connectivity index (χ0n) is 15.8. The number of likely N-dealkylation sites (N-methyl/N-ethyl adjacent to an activating group) is 1. The molecule has 9 heteroatoms. The van der Waals surface area contributed by atoms with Crippen LogP contribution in [0.3, 0.4) is 0 Å². The Morgan fingerprint density at radius 3 is 2.41 bits per heavy atom. The van der Waals surface area contributed by atoms with Gasteiger partial charge in [0.2, 0.25) is 10.0 Å². The predicted molar refractivity (Wildman–Crippen MR) is 124 cm³/mol. The van der Waals surface area contributed by atoms with Gasteiger partial charge in [-0.15, -0.1) is 35.3 Å². The molecule has 2 aromatic rings. The third kappa shape index (κ3) is 8.16. The van der Waals surface area contributed by atoms with Gasteiger partial charge in [0.1, 0.15) is 0 Å². The summed E-state index contributed by atoms with van der Waals surface area (Å²) in [5, 5.41) is 5.43. The van der Waals surface area contributed by atoms with Crippen LogP contribution in [0, 0.1) is 0 Å². The number of hydrogen-bond donors (Lipinski definition) is 2. The van der Waals surface area contributed by atoms with Crippen molar-refractivity contribution >= 4 is 51.3 Å². The second-order valence-corrected chi connectivity index (χ2v) is 8.89. The molecular formula is C18H27IN4O2S2. The van der Waals surface area contributed by atoms with Crippen LogP contribution < -0.4 is 10.0 Å². The van der Waals surface area contributed by atoms with Gasteiger partial charge in [0, 0.05) is 32.1 Å². The molecule has 2 N–H and O–H groups in total. The minimum Gasteiger partial charge on any atom is -0.352 e. The van der Waals surface area contributed by atoms with E-state index in [0.717, 1.165) is 30.1 Å². The van der Waals surface area contributed by atoms with Crippen LogP contribution in [0.25, 0.3) is 0 Å². The summed E-state index contributed by atoms with van der Waals surface area (Å²) in [5.74, 6) is 0.827. The summed E-state index contributed by atoms with van der Waals surface area (Å²) in [7, 11) is 1.98. The fraction of sp³-hybridized carbons (Fsp3) is 0.389. The van der Waals surface area contributed by atoms with Crippen molar-refractivity contribution in [3.8, 4) is 0 Å². The van der Waals surface area contributed by atoms with Crippen LogP contribution in [0.5, 0.6) is 0 Å². The number of thiophene rings is 1. The normalized spacial score (nSPS) is 11.7. The number of rotatable bonds is 8. The zero-order chi connectivity index (χ0) is 19.0. The van der Waals surface area contributed by atoms with Gasteiger partial charge in [-0.25, -0.2) is 13.1 Å². The Kier molecular flexibility index (Phi) is 10.3. The summed E-state index contributed by atoms with van der Waals surface area (Å²) in [6.45, 7) is 1.52. The number of nitrogens with one attached hydrogen (secondary N) is 2. The first-order valence-corrected chi connectivity index (χ1v) is 10.9. The fourth-order valence-electron chi connectivity index (χ4n) is 2.45. The topological polar surface area (TPSA) is 73.8 Å². The minimum absolute atomic E-state index is 0. The molecule has 0 saturated carbocycles. The molecule has 150 valence electrons. The highest BCUT2D eigenvalue weighted by atomic mass is 127. The first-order valence-electron chi connectivity index (χ1n) is 8.36. The van der Waals surface area contributed by atoms with E-state index >= 15 is 0 Å². The van der Waals surface area contributed by atoms with Crippen LogP contribution in [-0.4, -0.2) is 47.0 Å². The van der Waals surface area contributed by atoms with E-state index in [4.69, 9.17) is 0 Å². The van der Waals surface area contributed by atoms with Gasteiger partial charge < -0.3 is 10.2 Å². The predicted octanol–water partition coefficient (Wildman–Crippen LogP) is 2.67. The SMILES string of the molecule is CN=C(NCc1ccc(CS(=O)(=O)NC)cc1)N(C)CCc1cccs1.I. The highest BCUT2D eigenvalue weighted by Gasteiger charge is 2.09. The average Bonchev–Trinajstić information content (AvgIpc) is 3.15. The van der Waals surface area contributed by atoms with Crippen LogP contribution in [0.1, 0.15) is 16.0 Å². The van der Waals surface area contributed by atoms with Gasteiger partial charge in [0.05, 0.1) is 5.75 Å². The molecule has 0 radical (unpaired) electrons. The lowest BCUT2D eigenvalue weighted by Crippen LogP contribution is -2.39. The second kappa shape index (κ2) is 11.6. The van der Waals surface area contributed by atoms with E-state index in [9.17, 15) is 8.42 Å². The minimum atomic E-state index is -3.24. The quantitative estimate of drug-likeness (QED) is 0.318. The lowest BCUT2D eigenvalue weighted by molar-refractivity contribution is 0.486. The molecule has 0 atom stereocenters. The number of halogens is 1. The Morgan fingerprint density at radius 2 is 1.85 bits per heavy atom. The maximum Gasteiger partial charge on any atom is 0.215 e. The van der Waals surface area contributed by atoms with E-state index in [0.29, 0.717) is 6.54 Å². The fourth-order valence-corrected chi connectivity index (χ4v) is 3.92. The number of guanidine groups is 1. The summed E-state index contributed by atoms with van der Waals surface area (Å²) in [6.07, 6.45) is 0.990. The van der Waals surface area contributed by atoms with Crippen molar-refractivity contribution in [1.82, 2.24) is 14.9 Å². The lowest BCUT2D eigenvalue weighted by Gasteiger charge is -2.22. The largest absolute Gasteiger partial charge is 0.352 e. The van der Waals surface area contributed by atoms with Crippen LogP contribution in [0.4, 0.5) is 0 Å². The molecule has 27 heavy (non-hydrogen) atoms. The molecule has 0 saturated heterocycles. The van der Waals surface area contributed by atoms with E-state index in [-0.39, 0.29) is 29.7 Å². The third-order valence-corrected chi connectivity index (χ3v) is 6.26. The Morgan fingerprint density at radius 1 is 1.19 bits per heavy atom. The van der Waals surface area contributed by atoms with Crippen LogP contribution in [0.2, 0.25) is 0 Å². The number of aliphatic imine (C=N–C) groups is 1. The zero-order valence-corrected chi connectivity index (χ0v) is 19.8. The summed E-state index contributed by atoms with van der Waals surface area (Å²) >= 11 is 1.77.